The van der Waals surface area contributed by atoms with E-state index in [1.54, 1.807) is 0 Å². The number of esters is 9. The molecule has 0 unspecified atom stereocenters. The summed E-state index contributed by atoms with van der Waals surface area (Å²) in [6, 6.07) is 0. The fourth-order valence-electron chi connectivity index (χ4n) is 10.7. The average molecular weight is 1120 g/mol. The molecule has 0 aromatic rings. The highest BCUT2D eigenvalue weighted by Crippen LogP contribution is 2.48. The van der Waals surface area contributed by atoms with Gasteiger partial charge < -0.3 is 72.2 Å². The lowest BCUT2D eigenvalue weighted by molar-refractivity contribution is -0.302. The number of carbonyl (C=O) groups is 9. The Kier molecular flexibility index (Phi) is 14.9. The van der Waals surface area contributed by atoms with Crippen LogP contribution < -0.4 is 0 Å². The zero-order valence-electron chi connectivity index (χ0n) is 43.3. The fourth-order valence-corrected chi connectivity index (χ4v) is 10.7. The van der Waals surface area contributed by atoms with Crippen LogP contribution in [0.3, 0.4) is 0 Å². The molecule has 3 N–H and O–H groups in total. The highest BCUT2D eigenvalue weighted by atomic mass is 16.8. The van der Waals surface area contributed by atoms with Crippen molar-refractivity contribution in [2.45, 2.75) is 150 Å². The zero-order chi connectivity index (χ0) is 57.2. The topological polar surface area (TPSA) is 325 Å². The van der Waals surface area contributed by atoms with Gasteiger partial charge in [-0.3, -0.25) is 0 Å². The van der Waals surface area contributed by atoms with Gasteiger partial charge in [0.15, 0.2) is 0 Å². The smallest absolute Gasteiger partial charge is 0.348 e. The molecule has 81 heavy (non-hydrogen) atoms. The third kappa shape index (κ3) is 11.5. The molecule has 4 aliphatic carbocycles. The van der Waals surface area contributed by atoms with Crippen molar-refractivity contribution in [3.63, 3.8) is 0 Å². The minimum absolute atomic E-state index is 0.130. The molecule has 24 heteroatoms. The van der Waals surface area contributed by atoms with Crippen molar-refractivity contribution in [3.8, 4) is 0 Å². The van der Waals surface area contributed by atoms with E-state index in [0.717, 1.165) is 50.7 Å². The van der Waals surface area contributed by atoms with E-state index in [9.17, 15) is 58.5 Å². The quantitative estimate of drug-likeness (QED) is 0.0712. The van der Waals surface area contributed by atoms with Crippen LogP contribution >= 0.6 is 0 Å². The second kappa shape index (κ2) is 21.9. The molecule has 0 bridgehead atoms. The Balaban J connectivity index is 0.671. The van der Waals surface area contributed by atoms with Crippen LogP contribution in [0.15, 0.2) is 142 Å². The van der Waals surface area contributed by atoms with Crippen LogP contribution in [0.25, 0.3) is 0 Å². The Morgan fingerprint density at radius 3 is 0.691 bits per heavy atom. The third-order valence-corrected chi connectivity index (χ3v) is 15.0. The van der Waals surface area contributed by atoms with Crippen LogP contribution in [0, 0.1) is 0 Å². The highest BCUT2D eigenvalue weighted by molar-refractivity contribution is 6.17. The van der Waals surface area contributed by atoms with E-state index in [1.165, 1.54) is 79.0 Å². The van der Waals surface area contributed by atoms with Crippen molar-refractivity contribution in [3.05, 3.63) is 142 Å². The molecule has 3 saturated heterocycles. The fraction of sp³-hybridized carbons (Fsp3) is 0.421. The molecule has 10 rings (SSSR count). The van der Waals surface area contributed by atoms with Crippen LogP contribution in [-0.4, -0.2) is 104 Å². The maximum absolute atomic E-state index is 13.1. The van der Waals surface area contributed by atoms with Gasteiger partial charge in [-0.05, 0) is 62.1 Å². The van der Waals surface area contributed by atoms with E-state index >= 15 is 0 Å². The highest BCUT2D eigenvalue weighted by Gasteiger charge is 2.58. The number of allylic oxidation sites excluding steroid dienone is 12. The summed E-state index contributed by atoms with van der Waals surface area (Å²) in [5.41, 5.74) is -2.12. The van der Waals surface area contributed by atoms with Gasteiger partial charge in [-0.2, -0.15) is 0 Å². The van der Waals surface area contributed by atoms with Crippen molar-refractivity contribution < 1.29 is 115 Å². The van der Waals surface area contributed by atoms with Crippen molar-refractivity contribution in [1.82, 2.24) is 0 Å². The lowest BCUT2D eigenvalue weighted by Gasteiger charge is -2.46. The molecule has 4 saturated carbocycles. The van der Waals surface area contributed by atoms with Crippen molar-refractivity contribution in [2.24, 2.45) is 0 Å². The van der Waals surface area contributed by atoms with Crippen LogP contribution in [0.1, 0.15) is 116 Å². The molecule has 426 valence electrons. The summed E-state index contributed by atoms with van der Waals surface area (Å²) in [6.07, 6.45) is 24.6. The van der Waals surface area contributed by atoms with Crippen molar-refractivity contribution >= 4 is 53.7 Å². The van der Waals surface area contributed by atoms with Gasteiger partial charge in [-0.15, -0.1) is 0 Å². The number of rotatable bonds is 9. The zero-order valence-corrected chi connectivity index (χ0v) is 43.3. The molecule has 6 spiro atoms. The predicted molar refractivity (Wildman–Crippen MR) is 266 cm³/mol. The standard InChI is InChI=1S/C57H54O24/c58-40-34(41(59)71-52(70-40)22-12-4-13-23-52)16-6-1-8-18-36-44(62)74-54(75-45(36)63)26-30-56(31-27-54)78-48(66)38(49(67)79-56)20-10-3-11-21-39-50(68)80-57(81-51(39)69)32-28-55(29-33-57)76-46(64)37(47(65)77-55)19-9-2-7-17-35-42(60)72-53(73-43(35)61)24-14-5-15-25-53/h1-3,6-11,16-21,62,64,66H,4-5,12-15,22-33H2/b6-1+,7-2?,11-3?,18-8+,19-9?,20-10?,39-21?. The van der Waals surface area contributed by atoms with Gasteiger partial charge in [0.2, 0.25) is 0 Å². The van der Waals surface area contributed by atoms with Crippen molar-refractivity contribution in [2.75, 3.05) is 0 Å². The lowest BCUT2D eigenvalue weighted by atomic mass is 9.87. The van der Waals surface area contributed by atoms with Crippen LogP contribution in [0.4, 0.5) is 0 Å². The van der Waals surface area contributed by atoms with Crippen molar-refractivity contribution in [1.29, 1.82) is 0 Å². The van der Waals surface area contributed by atoms with Crippen LogP contribution in [0.5, 0.6) is 0 Å². The van der Waals surface area contributed by atoms with E-state index in [2.05, 4.69) is 0 Å². The molecule has 6 heterocycles. The molecule has 0 radical (unpaired) electrons. The first kappa shape index (κ1) is 55.2. The first-order valence-corrected chi connectivity index (χ1v) is 26.4. The number of ether oxygens (including phenoxy) is 12. The Bertz CT molecular complexity index is 3050. The van der Waals surface area contributed by atoms with Gasteiger partial charge in [-0.25, -0.2) is 43.2 Å². The molecule has 24 nitrogen and oxygen atoms in total. The number of aliphatic hydroxyl groups excluding tert-OH is 3. The van der Waals surface area contributed by atoms with E-state index in [-0.39, 0.29) is 79.2 Å². The maximum atomic E-state index is 13.1. The molecular weight excluding hydrogens is 1070 g/mol. The van der Waals surface area contributed by atoms with E-state index in [1.807, 2.05) is 0 Å². The maximum Gasteiger partial charge on any atom is 0.348 e. The Morgan fingerprint density at radius 2 is 0.457 bits per heavy atom. The summed E-state index contributed by atoms with van der Waals surface area (Å²) in [5.74, 6) is -19.5. The summed E-state index contributed by atoms with van der Waals surface area (Å²) in [4.78, 5) is 116. The minimum atomic E-state index is -1.73. The van der Waals surface area contributed by atoms with E-state index in [0.29, 0.717) is 25.7 Å². The Hall–Kier alpha value is -9.09. The minimum Gasteiger partial charge on any atom is -0.480 e. The number of aliphatic hydroxyl groups is 3. The van der Waals surface area contributed by atoms with Crippen LogP contribution in [-0.2, 0) is 100.0 Å². The van der Waals surface area contributed by atoms with Gasteiger partial charge in [0, 0.05) is 77.0 Å². The third-order valence-electron chi connectivity index (χ3n) is 15.0. The Labute approximate surface area is 460 Å². The van der Waals surface area contributed by atoms with Crippen LogP contribution in [0.2, 0.25) is 0 Å². The summed E-state index contributed by atoms with van der Waals surface area (Å²) in [5, 5.41) is 32.2. The first-order valence-electron chi connectivity index (χ1n) is 26.4. The first-order chi connectivity index (χ1) is 38.8. The monoisotopic (exact) mass is 1120 g/mol. The summed E-state index contributed by atoms with van der Waals surface area (Å²) < 4.78 is 66.7. The summed E-state index contributed by atoms with van der Waals surface area (Å²) >= 11 is 0. The number of carbonyl (C=O) groups excluding carboxylic acids is 9. The molecule has 10 aliphatic rings. The van der Waals surface area contributed by atoms with Gasteiger partial charge in [0.05, 0.1) is 0 Å². The predicted octanol–water partition coefficient (Wildman–Crippen LogP) is 6.69. The molecular formula is C57H54O24. The Morgan fingerprint density at radius 1 is 0.247 bits per heavy atom. The van der Waals surface area contributed by atoms with E-state index < -0.39 is 112 Å². The second-order valence-corrected chi connectivity index (χ2v) is 20.5. The summed E-state index contributed by atoms with van der Waals surface area (Å²) in [6.45, 7) is 0. The normalized spacial score (nSPS) is 25.8. The average Bonchev–Trinajstić information content (AvgIpc) is 3.40. The van der Waals surface area contributed by atoms with Gasteiger partial charge in [-0.1, -0.05) is 67.5 Å². The molecule has 0 amide bonds. The SMILES string of the molecule is O=C1OC2(CCCCC2)OC(=O)C1=CC=CC=CC1=C(O)OC2(CCC3(CC2)OC(=O)C(=CC=CC=CC2=C(O)OC4(CCC5(CC4)OC(=O)C(/C=C/C=C/C=C4C(=O)OC6(CCCCC6)OC4=O)=C(O)O5)OC2=O)C(=O)O3)OC1=O. The molecule has 0 atom stereocenters. The van der Waals surface area contributed by atoms with Gasteiger partial charge in [0.25, 0.3) is 52.6 Å². The lowest BCUT2D eigenvalue weighted by Crippen LogP contribution is -2.54. The number of hydrogen-bond donors (Lipinski definition) is 3. The molecule has 6 aliphatic heterocycles. The number of hydrogen-bond acceptors (Lipinski definition) is 24. The van der Waals surface area contributed by atoms with Gasteiger partial charge in [0.1, 0.15) is 33.4 Å². The van der Waals surface area contributed by atoms with E-state index in [4.69, 9.17) is 56.8 Å². The molecule has 7 fully saturated rings. The summed E-state index contributed by atoms with van der Waals surface area (Å²) in [7, 11) is 0. The largest absolute Gasteiger partial charge is 0.480 e. The molecule has 0 aromatic heterocycles. The molecule has 0 aromatic carbocycles. The second-order valence-electron chi connectivity index (χ2n) is 20.5. The van der Waals surface area contributed by atoms with Gasteiger partial charge >= 0.3 is 53.7 Å².